The van der Waals surface area contributed by atoms with E-state index in [1.807, 2.05) is 11.8 Å². The van der Waals surface area contributed by atoms with Crippen LogP contribution in [0.1, 0.15) is 32.8 Å². The summed E-state index contributed by atoms with van der Waals surface area (Å²) in [5.41, 5.74) is 2.76. The van der Waals surface area contributed by atoms with Gasteiger partial charge in [-0.15, -0.1) is 0 Å². The number of thioether (sulfide) groups is 1. The number of anilines is 1. The Morgan fingerprint density at radius 1 is 1.25 bits per heavy atom. The summed E-state index contributed by atoms with van der Waals surface area (Å²) < 4.78 is 0. The van der Waals surface area contributed by atoms with E-state index in [1.54, 1.807) is 0 Å². The average molecular weight is 295 g/mol. The minimum absolute atomic E-state index is 0.608. The molecule has 1 rings (SSSR count). The molecule has 0 amide bonds. The fraction of sp³-hybridized carbons (Fsp3) is 0.647. The molecule has 3 heteroatoms. The smallest absolute Gasteiger partial charge is 0.0412 e. The lowest BCUT2D eigenvalue weighted by atomic mass is 10.1. The number of para-hydroxylation sites is 1. The zero-order chi connectivity index (χ0) is 15.0. The van der Waals surface area contributed by atoms with Crippen molar-refractivity contribution in [1.82, 2.24) is 5.32 Å². The lowest BCUT2D eigenvalue weighted by molar-refractivity contribution is 0.551. The van der Waals surface area contributed by atoms with Gasteiger partial charge in [0.1, 0.15) is 0 Å². The van der Waals surface area contributed by atoms with Gasteiger partial charge < -0.3 is 10.2 Å². The molecule has 1 unspecified atom stereocenters. The van der Waals surface area contributed by atoms with E-state index in [0.29, 0.717) is 12.0 Å². The summed E-state index contributed by atoms with van der Waals surface area (Å²) in [5, 5.41) is 3.55. The van der Waals surface area contributed by atoms with Gasteiger partial charge in [-0.1, -0.05) is 39.0 Å². The molecule has 114 valence electrons. The summed E-state index contributed by atoms with van der Waals surface area (Å²) >= 11 is 1.93. The zero-order valence-electron chi connectivity index (χ0n) is 13.6. The van der Waals surface area contributed by atoms with E-state index in [-0.39, 0.29) is 0 Å². The Bertz CT molecular complexity index is 379. The minimum atomic E-state index is 0.608. The second kappa shape index (κ2) is 9.30. The Morgan fingerprint density at radius 2 is 1.95 bits per heavy atom. The lowest BCUT2D eigenvalue weighted by Crippen LogP contribution is -2.34. The summed E-state index contributed by atoms with van der Waals surface area (Å²) in [6.07, 6.45) is 3.37. The van der Waals surface area contributed by atoms with Gasteiger partial charge in [-0.25, -0.2) is 0 Å². The quantitative estimate of drug-likeness (QED) is 0.741. The molecule has 0 aliphatic carbocycles. The van der Waals surface area contributed by atoms with Gasteiger partial charge in [0.25, 0.3) is 0 Å². The monoisotopic (exact) mass is 294 g/mol. The number of hydrogen-bond acceptors (Lipinski definition) is 3. The third-order valence-corrected chi connectivity index (χ3v) is 4.34. The van der Waals surface area contributed by atoms with Crippen molar-refractivity contribution in [2.45, 2.75) is 39.8 Å². The van der Waals surface area contributed by atoms with Crippen LogP contribution < -0.4 is 10.2 Å². The first-order valence-electron chi connectivity index (χ1n) is 7.60. The van der Waals surface area contributed by atoms with Crippen molar-refractivity contribution in [2.24, 2.45) is 5.92 Å². The standard InChI is InChI=1S/C17H30N2S/c1-6-16(13-20-5)19(4)17-10-8-7-9-15(17)12-18-11-14(2)3/h7-10,14,16,18H,6,11-13H2,1-5H3. The second-order valence-electron chi connectivity index (χ2n) is 5.78. The Kier molecular flexibility index (Phi) is 8.08. The summed E-state index contributed by atoms with van der Waals surface area (Å²) in [4.78, 5) is 2.45. The van der Waals surface area contributed by atoms with E-state index in [2.05, 4.69) is 68.6 Å². The topological polar surface area (TPSA) is 15.3 Å². The molecule has 0 heterocycles. The number of rotatable bonds is 9. The first kappa shape index (κ1) is 17.4. The SMILES string of the molecule is CCC(CSC)N(C)c1ccccc1CNCC(C)C. The third-order valence-electron chi connectivity index (χ3n) is 3.62. The van der Waals surface area contributed by atoms with Crippen molar-refractivity contribution in [3.63, 3.8) is 0 Å². The van der Waals surface area contributed by atoms with Crippen molar-refractivity contribution in [1.29, 1.82) is 0 Å². The van der Waals surface area contributed by atoms with Crippen LogP contribution in [0.3, 0.4) is 0 Å². The van der Waals surface area contributed by atoms with E-state index >= 15 is 0 Å². The van der Waals surface area contributed by atoms with Gasteiger partial charge in [0.2, 0.25) is 0 Å². The molecule has 0 saturated carbocycles. The predicted molar refractivity (Wildman–Crippen MR) is 93.9 cm³/mol. The maximum absolute atomic E-state index is 3.55. The first-order chi connectivity index (χ1) is 9.60. The van der Waals surface area contributed by atoms with Gasteiger partial charge in [0, 0.05) is 31.1 Å². The normalized spacial score (nSPS) is 12.7. The highest BCUT2D eigenvalue weighted by Gasteiger charge is 2.15. The van der Waals surface area contributed by atoms with Crippen LogP contribution in [-0.2, 0) is 6.54 Å². The third kappa shape index (κ3) is 5.37. The molecule has 20 heavy (non-hydrogen) atoms. The molecule has 1 N–H and O–H groups in total. The average Bonchev–Trinajstić information content (AvgIpc) is 2.44. The van der Waals surface area contributed by atoms with Crippen LogP contribution >= 0.6 is 11.8 Å². The van der Waals surface area contributed by atoms with Gasteiger partial charge >= 0.3 is 0 Å². The molecule has 0 bridgehead atoms. The van der Waals surface area contributed by atoms with Gasteiger partial charge in [0.15, 0.2) is 0 Å². The minimum Gasteiger partial charge on any atom is -0.371 e. The van der Waals surface area contributed by atoms with Gasteiger partial charge in [-0.2, -0.15) is 11.8 Å². The summed E-state index contributed by atoms with van der Waals surface area (Å²) in [6, 6.07) is 9.37. The van der Waals surface area contributed by atoms with Gasteiger partial charge in [-0.05, 0) is 36.8 Å². The molecule has 0 radical (unpaired) electrons. The van der Waals surface area contributed by atoms with E-state index < -0.39 is 0 Å². The van der Waals surface area contributed by atoms with E-state index in [4.69, 9.17) is 0 Å². The van der Waals surface area contributed by atoms with Crippen molar-refractivity contribution < 1.29 is 0 Å². The van der Waals surface area contributed by atoms with Crippen LogP contribution in [0, 0.1) is 5.92 Å². The Balaban J connectivity index is 2.77. The zero-order valence-corrected chi connectivity index (χ0v) is 14.5. The van der Waals surface area contributed by atoms with E-state index in [9.17, 15) is 0 Å². The second-order valence-corrected chi connectivity index (χ2v) is 6.69. The van der Waals surface area contributed by atoms with E-state index in [1.165, 1.54) is 23.4 Å². The number of hydrogen-bond donors (Lipinski definition) is 1. The van der Waals surface area contributed by atoms with Crippen LogP contribution in [0.4, 0.5) is 5.69 Å². The lowest BCUT2D eigenvalue weighted by Gasteiger charge is -2.30. The molecule has 0 aliphatic rings. The highest BCUT2D eigenvalue weighted by molar-refractivity contribution is 7.98. The summed E-state index contributed by atoms with van der Waals surface area (Å²) in [5.74, 6) is 1.88. The predicted octanol–water partition coefficient (Wildman–Crippen LogP) is 4.01. The van der Waals surface area contributed by atoms with Gasteiger partial charge in [-0.3, -0.25) is 0 Å². The fourth-order valence-electron chi connectivity index (χ4n) is 2.39. The Labute approximate surface area is 129 Å². The largest absolute Gasteiger partial charge is 0.371 e. The molecule has 2 nitrogen and oxygen atoms in total. The maximum atomic E-state index is 3.55. The molecule has 0 aliphatic heterocycles. The van der Waals surface area contributed by atoms with Crippen LogP contribution in [0.2, 0.25) is 0 Å². The Hall–Kier alpha value is -0.670. The van der Waals surface area contributed by atoms with E-state index in [0.717, 1.165) is 13.1 Å². The fourth-order valence-corrected chi connectivity index (χ4v) is 3.24. The highest BCUT2D eigenvalue weighted by atomic mass is 32.2. The molecule has 0 fully saturated rings. The molecular weight excluding hydrogens is 264 g/mol. The molecular formula is C17H30N2S. The number of nitrogens with one attached hydrogen (secondary N) is 1. The van der Waals surface area contributed by atoms with Crippen molar-refractivity contribution in [3.8, 4) is 0 Å². The molecule has 0 spiro atoms. The molecule has 1 atom stereocenters. The maximum Gasteiger partial charge on any atom is 0.0412 e. The van der Waals surface area contributed by atoms with Crippen LogP contribution in [-0.4, -0.2) is 31.6 Å². The van der Waals surface area contributed by atoms with Crippen LogP contribution in [0.15, 0.2) is 24.3 Å². The molecule has 0 saturated heterocycles. The number of nitrogens with zero attached hydrogens (tertiary/aromatic N) is 1. The van der Waals surface area contributed by atoms with Crippen molar-refractivity contribution in [2.75, 3.05) is 30.5 Å². The van der Waals surface area contributed by atoms with Gasteiger partial charge in [0.05, 0.1) is 0 Å². The first-order valence-corrected chi connectivity index (χ1v) is 8.99. The molecule has 1 aromatic carbocycles. The molecule has 0 aromatic heterocycles. The highest BCUT2D eigenvalue weighted by Crippen LogP contribution is 2.23. The van der Waals surface area contributed by atoms with Crippen LogP contribution in [0.25, 0.3) is 0 Å². The summed E-state index contributed by atoms with van der Waals surface area (Å²) in [7, 11) is 2.23. The summed E-state index contributed by atoms with van der Waals surface area (Å²) in [6.45, 7) is 8.79. The Morgan fingerprint density at radius 3 is 2.55 bits per heavy atom. The van der Waals surface area contributed by atoms with Crippen molar-refractivity contribution >= 4 is 17.4 Å². The van der Waals surface area contributed by atoms with Crippen LogP contribution in [0.5, 0.6) is 0 Å². The molecule has 1 aromatic rings. The number of benzene rings is 1. The van der Waals surface area contributed by atoms with Crippen molar-refractivity contribution in [3.05, 3.63) is 29.8 Å².